The lowest BCUT2D eigenvalue weighted by molar-refractivity contribution is -0.133. The molecule has 0 aliphatic heterocycles. The second kappa shape index (κ2) is 9.19. The fourth-order valence-electron chi connectivity index (χ4n) is 2.80. The third kappa shape index (κ3) is 4.93. The maximum atomic E-state index is 12.8. The average Bonchev–Trinajstić information content (AvgIpc) is 2.74. The minimum atomic E-state index is -3.74. The number of rotatable bonds is 7. The topological polar surface area (TPSA) is 72.9 Å². The molecule has 0 atom stereocenters. The van der Waals surface area contributed by atoms with Crippen molar-refractivity contribution in [3.63, 3.8) is 0 Å². The van der Waals surface area contributed by atoms with E-state index in [-0.39, 0.29) is 11.3 Å². The molecule has 0 spiro atoms. The van der Waals surface area contributed by atoms with E-state index in [0.717, 1.165) is 9.87 Å². The van der Waals surface area contributed by atoms with Crippen LogP contribution in [-0.4, -0.2) is 28.5 Å². The van der Waals surface area contributed by atoms with Crippen LogP contribution in [0.1, 0.15) is 5.56 Å². The molecule has 0 unspecified atom stereocenters. The molecule has 3 aromatic rings. The fraction of sp³-hybridized carbons (Fsp3) is 0.136. The van der Waals surface area contributed by atoms with Gasteiger partial charge in [-0.2, -0.15) is 0 Å². The monoisotopic (exact) mass is 445 g/mol. The van der Waals surface area contributed by atoms with E-state index in [9.17, 15) is 13.2 Å². The Balaban J connectivity index is 1.69. The van der Waals surface area contributed by atoms with Gasteiger partial charge < -0.3 is 9.47 Å². The van der Waals surface area contributed by atoms with Gasteiger partial charge in [0.25, 0.3) is 10.0 Å². The lowest BCUT2D eigenvalue weighted by Crippen LogP contribution is -2.26. The molecule has 0 amide bonds. The molecule has 0 saturated carbocycles. The Hall–Kier alpha value is -3.03. The lowest BCUT2D eigenvalue weighted by Gasteiger charge is -2.19. The number of nitrogens with zero attached hydrogens (tertiary/aromatic N) is 1. The van der Waals surface area contributed by atoms with Crippen molar-refractivity contribution < 1.29 is 22.7 Å². The molecule has 6 nitrogen and oxygen atoms in total. The summed E-state index contributed by atoms with van der Waals surface area (Å²) in [5.74, 6) is 0.476. The van der Waals surface area contributed by atoms with E-state index in [1.807, 2.05) is 12.1 Å². The first kappa shape index (κ1) is 21.7. The van der Waals surface area contributed by atoms with Crippen molar-refractivity contribution in [3.05, 3.63) is 83.4 Å². The Morgan fingerprint density at radius 1 is 0.967 bits per heavy atom. The van der Waals surface area contributed by atoms with Crippen LogP contribution in [0.2, 0.25) is 5.02 Å². The van der Waals surface area contributed by atoms with Gasteiger partial charge in [-0.3, -0.25) is 9.10 Å². The molecule has 0 bridgehead atoms. The normalized spacial score (nSPS) is 11.0. The maximum Gasteiger partial charge on any atom is 0.315 e. The first-order valence-electron chi connectivity index (χ1n) is 8.98. The van der Waals surface area contributed by atoms with Gasteiger partial charge in [-0.05, 0) is 54.6 Å². The summed E-state index contributed by atoms with van der Waals surface area (Å²) >= 11 is 5.83. The molecule has 8 heteroatoms. The number of anilines is 1. The number of methoxy groups -OCH3 is 1. The zero-order valence-corrected chi connectivity index (χ0v) is 18.0. The standard InChI is InChI=1S/C22H20ClNO5S/c1-24(30(26,27)20-13-7-17(23)8-14-20)18-9-11-19(12-10-18)29-22(25)15-16-5-3-4-6-21(16)28-2/h3-14H,15H2,1-2H3. The fourth-order valence-corrected chi connectivity index (χ4v) is 4.12. The number of para-hydroxylation sites is 1. The van der Waals surface area contributed by atoms with Crippen LogP contribution in [0.15, 0.2) is 77.7 Å². The summed E-state index contributed by atoms with van der Waals surface area (Å²) in [6, 6.07) is 19.4. The van der Waals surface area contributed by atoms with Crippen molar-refractivity contribution >= 4 is 33.3 Å². The SMILES string of the molecule is COc1ccccc1CC(=O)Oc1ccc(N(C)S(=O)(=O)c2ccc(Cl)cc2)cc1. The van der Waals surface area contributed by atoms with Gasteiger partial charge in [0, 0.05) is 17.6 Å². The molecule has 0 saturated heterocycles. The Morgan fingerprint density at radius 3 is 2.23 bits per heavy atom. The summed E-state index contributed by atoms with van der Waals surface area (Å²) in [5, 5.41) is 0.455. The van der Waals surface area contributed by atoms with Crippen LogP contribution in [0.4, 0.5) is 5.69 Å². The third-order valence-corrected chi connectivity index (χ3v) is 6.48. The summed E-state index contributed by atoms with van der Waals surface area (Å²) in [5.41, 5.74) is 1.14. The second-order valence-corrected chi connectivity index (χ2v) is 8.79. The Morgan fingerprint density at radius 2 is 1.60 bits per heavy atom. The summed E-state index contributed by atoms with van der Waals surface area (Å²) in [6.45, 7) is 0. The summed E-state index contributed by atoms with van der Waals surface area (Å²) in [6.07, 6.45) is 0.0522. The summed E-state index contributed by atoms with van der Waals surface area (Å²) in [7, 11) is -0.750. The van der Waals surface area contributed by atoms with Crippen molar-refractivity contribution in [3.8, 4) is 11.5 Å². The van der Waals surface area contributed by atoms with E-state index in [1.165, 1.54) is 38.4 Å². The van der Waals surface area contributed by atoms with E-state index < -0.39 is 16.0 Å². The van der Waals surface area contributed by atoms with Gasteiger partial charge in [-0.15, -0.1) is 0 Å². The number of benzene rings is 3. The Bertz CT molecular complexity index is 1130. The number of sulfonamides is 1. The van der Waals surface area contributed by atoms with Crippen molar-refractivity contribution in [1.82, 2.24) is 0 Å². The number of halogens is 1. The highest BCUT2D eigenvalue weighted by Crippen LogP contribution is 2.26. The highest BCUT2D eigenvalue weighted by Gasteiger charge is 2.21. The molecule has 0 aliphatic carbocycles. The second-order valence-electron chi connectivity index (χ2n) is 6.38. The van der Waals surface area contributed by atoms with Crippen molar-refractivity contribution in [2.24, 2.45) is 0 Å². The van der Waals surface area contributed by atoms with Crippen molar-refractivity contribution in [2.45, 2.75) is 11.3 Å². The van der Waals surface area contributed by atoms with E-state index in [4.69, 9.17) is 21.1 Å². The molecule has 3 rings (SSSR count). The molecule has 3 aromatic carbocycles. The summed E-state index contributed by atoms with van der Waals surface area (Å²) < 4.78 is 37.3. The first-order chi connectivity index (χ1) is 14.3. The maximum absolute atomic E-state index is 12.8. The number of carbonyl (C=O) groups excluding carboxylic acids is 1. The largest absolute Gasteiger partial charge is 0.496 e. The highest BCUT2D eigenvalue weighted by atomic mass is 35.5. The van der Waals surface area contributed by atoms with Crippen LogP contribution < -0.4 is 13.8 Å². The quantitative estimate of drug-likeness (QED) is 0.400. The van der Waals surface area contributed by atoms with E-state index in [2.05, 4.69) is 0 Å². The Kier molecular flexibility index (Phi) is 6.64. The van der Waals surface area contributed by atoms with Crippen LogP contribution in [0.5, 0.6) is 11.5 Å². The number of carbonyl (C=O) groups is 1. The predicted octanol–water partition coefficient (Wildman–Crippen LogP) is 4.32. The zero-order chi connectivity index (χ0) is 21.7. The minimum Gasteiger partial charge on any atom is -0.496 e. The van der Waals surface area contributed by atoms with Gasteiger partial charge in [-0.1, -0.05) is 29.8 Å². The van der Waals surface area contributed by atoms with Gasteiger partial charge >= 0.3 is 5.97 Å². The van der Waals surface area contributed by atoms with Gasteiger partial charge in [0.05, 0.1) is 24.1 Å². The molecular formula is C22H20ClNO5S. The molecule has 156 valence electrons. The highest BCUT2D eigenvalue weighted by molar-refractivity contribution is 7.92. The van der Waals surface area contributed by atoms with Crippen molar-refractivity contribution in [2.75, 3.05) is 18.5 Å². The predicted molar refractivity (Wildman–Crippen MR) is 116 cm³/mol. The van der Waals surface area contributed by atoms with Crippen molar-refractivity contribution in [1.29, 1.82) is 0 Å². The molecule has 0 fully saturated rings. The molecule has 0 heterocycles. The first-order valence-corrected chi connectivity index (χ1v) is 10.8. The lowest BCUT2D eigenvalue weighted by atomic mass is 10.1. The van der Waals surface area contributed by atoms with Crippen LogP contribution in [0.25, 0.3) is 0 Å². The average molecular weight is 446 g/mol. The molecule has 0 N–H and O–H groups in total. The van der Waals surface area contributed by atoms with Crippen LogP contribution in [-0.2, 0) is 21.2 Å². The smallest absolute Gasteiger partial charge is 0.315 e. The van der Waals surface area contributed by atoms with Gasteiger partial charge in [0.1, 0.15) is 11.5 Å². The van der Waals surface area contributed by atoms with Crippen LogP contribution in [0.3, 0.4) is 0 Å². The molecular weight excluding hydrogens is 426 g/mol. The number of ether oxygens (including phenoxy) is 2. The van der Waals surface area contributed by atoms with Gasteiger partial charge in [0.15, 0.2) is 0 Å². The molecule has 0 aliphatic rings. The zero-order valence-electron chi connectivity index (χ0n) is 16.4. The number of hydrogen-bond donors (Lipinski definition) is 0. The van der Waals surface area contributed by atoms with E-state index >= 15 is 0 Å². The summed E-state index contributed by atoms with van der Waals surface area (Å²) in [4.78, 5) is 12.4. The molecule has 0 aromatic heterocycles. The van der Waals surface area contributed by atoms with Gasteiger partial charge in [-0.25, -0.2) is 8.42 Å². The van der Waals surface area contributed by atoms with Gasteiger partial charge in [0.2, 0.25) is 0 Å². The van der Waals surface area contributed by atoms with E-state index in [1.54, 1.807) is 36.4 Å². The third-order valence-electron chi connectivity index (χ3n) is 4.43. The minimum absolute atomic E-state index is 0.0522. The van der Waals surface area contributed by atoms with Crippen LogP contribution in [0, 0.1) is 0 Å². The number of hydrogen-bond acceptors (Lipinski definition) is 5. The Labute approximate surface area is 180 Å². The molecule has 0 radical (unpaired) electrons. The molecule has 30 heavy (non-hydrogen) atoms. The van der Waals surface area contributed by atoms with Crippen LogP contribution >= 0.6 is 11.6 Å². The number of esters is 1. The van der Waals surface area contributed by atoms with E-state index in [0.29, 0.717) is 22.2 Å².